The molecule has 0 aliphatic rings. The molecule has 0 atom stereocenters. The molecule has 130 valence electrons. The summed E-state index contributed by atoms with van der Waals surface area (Å²) in [5, 5.41) is 9.66. The van der Waals surface area contributed by atoms with E-state index in [1.807, 2.05) is 37.3 Å². The van der Waals surface area contributed by atoms with Crippen LogP contribution in [0.5, 0.6) is 0 Å². The van der Waals surface area contributed by atoms with E-state index in [1.54, 1.807) is 0 Å². The summed E-state index contributed by atoms with van der Waals surface area (Å²) in [5.74, 6) is 0.270. The van der Waals surface area contributed by atoms with Gasteiger partial charge >= 0.3 is 0 Å². The van der Waals surface area contributed by atoms with Gasteiger partial charge in [-0.1, -0.05) is 75.4 Å². The molecule has 3 aromatic rings. The molecule has 0 saturated carbocycles. The van der Waals surface area contributed by atoms with Crippen molar-refractivity contribution in [2.24, 2.45) is 0 Å². The van der Waals surface area contributed by atoms with Gasteiger partial charge in [-0.25, -0.2) is 4.98 Å². The van der Waals surface area contributed by atoms with Gasteiger partial charge in [0.1, 0.15) is 17.5 Å². The fourth-order valence-electron chi connectivity index (χ4n) is 3.18. The van der Waals surface area contributed by atoms with Crippen LogP contribution in [0.25, 0.3) is 22.4 Å². The SMILES string of the molecule is Cc1c(-c2ccccc2)nc(N)c(C#N)c1-c1ccc(C(C)(C)C)cc1. The number of hydrogen-bond donors (Lipinski definition) is 1. The molecule has 0 unspecified atom stereocenters. The first-order valence-electron chi connectivity index (χ1n) is 8.69. The van der Waals surface area contributed by atoms with Gasteiger partial charge < -0.3 is 5.73 Å². The molecule has 0 fully saturated rings. The zero-order valence-electron chi connectivity index (χ0n) is 15.7. The second kappa shape index (κ2) is 6.65. The quantitative estimate of drug-likeness (QED) is 0.671. The zero-order chi connectivity index (χ0) is 18.9. The third-order valence-corrected chi connectivity index (χ3v) is 4.67. The normalized spacial score (nSPS) is 11.2. The largest absolute Gasteiger partial charge is 0.383 e. The van der Waals surface area contributed by atoms with Gasteiger partial charge in [0, 0.05) is 11.1 Å². The molecule has 3 nitrogen and oxygen atoms in total. The van der Waals surface area contributed by atoms with E-state index in [-0.39, 0.29) is 11.2 Å². The Balaban J connectivity index is 2.23. The van der Waals surface area contributed by atoms with E-state index >= 15 is 0 Å². The van der Waals surface area contributed by atoms with Crippen molar-refractivity contribution in [1.82, 2.24) is 4.98 Å². The predicted molar refractivity (Wildman–Crippen MR) is 108 cm³/mol. The number of aromatic nitrogens is 1. The number of anilines is 1. The number of nitrogens with two attached hydrogens (primary N) is 1. The van der Waals surface area contributed by atoms with Gasteiger partial charge in [0.15, 0.2) is 0 Å². The minimum atomic E-state index is 0.0815. The number of nitrogen functional groups attached to an aromatic ring is 1. The van der Waals surface area contributed by atoms with Crippen LogP contribution in [0.1, 0.15) is 37.5 Å². The maximum Gasteiger partial charge on any atom is 0.142 e. The van der Waals surface area contributed by atoms with Gasteiger partial charge in [0.25, 0.3) is 0 Å². The highest BCUT2D eigenvalue weighted by molar-refractivity contribution is 5.84. The highest BCUT2D eigenvalue weighted by atomic mass is 14.9. The Labute approximate surface area is 155 Å². The maximum absolute atomic E-state index is 9.66. The minimum Gasteiger partial charge on any atom is -0.383 e. The lowest BCUT2D eigenvalue weighted by Crippen LogP contribution is -2.10. The Morgan fingerprint density at radius 2 is 1.54 bits per heavy atom. The number of hydrogen-bond acceptors (Lipinski definition) is 3. The third kappa shape index (κ3) is 3.19. The minimum absolute atomic E-state index is 0.0815. The van der Waals surface area contributed by atoms with Crippen LogP contribution < -0.4 is 5.73 Å². The summed E-state index contributed by atoms with van der Waals surface area (Å²) in [7, 11) is 0. The monoisotopic (exact) mass is 341 g/mol. The molecule has 26 heavy (non-hydrogen) atoms. The Morgan fingerprint density at radius 1 is 0.923 bits per heavy atom. The van der Waals surface area contributed by atoms with E-state index in [2.05, 4.69) is 56.1 Å². The van der Waals surface area contributed by atoms with Gasteiger partial charge in [-0.3, -0.25) is 0 Å². The van der Waals surface area contributed by atoms with Crippen LogP contribution in [0.2, 0.25) is 0 Å². The van der Waals surface area contributed by atoms with Crippen LogP contribution in [-0.2, 0) is 5.41 Å². The van der Waals surface area contributed by atoms with E-state index in [4.69, 9.17) is 5.73 Å². The molecule has 0 bridgehead atoms. The predicted octanol–water partition coefficient (Wildman–Crippen LogP) is 5.48. The molecule has 1 heterocycles. The average molecular weight is 341 g/mol. The van der Waals surface area contributed by atoms with Crippen LogP contribution in [0, 0.1) is 18.3 Å². The van der Waals surface area contributed by atoms with Crippen LogP contribution in [0.4, 0.5) is 5.82 Å². The summed E-state index contributed by atoms with van der Waals surface area (Å²) < 4.78 is 0. The van der Waals surface area contributed by atoms with Gasteiger partial charge in [-0.2, -0.15) is 5.26 Å². The standard InChI is InChI=1S/C23H23N3/c1-15-20(16-10-12-18(13-11-16)23(2,3)4)19(14-24)22(25)26-21(15)17-8-6-5-7-9-17/h5-13H,1-4H3,(H2,25,26). The molecular formula is C23H23N3. The maximum atomic E-state index is 9.66. The summed E-state index contributed by atoms with van der Waals surface area (Å²) in [5.41, 5.74) is 12.5. The highest BCUT2D eigenvalue weighted by Gasteiger charge is 2.19. The number of nitriles is 1. The number of nitrogens with zero attached hydrogens (tertiary/aromatic N) is 2. The topological polar surface area (TPSA) is 62.7 Å². The third-order valence-electron chi connectivity index (χ3n) is 4.67. The van der Waals surface area contributed by atoms with Crippen LogP contribution in [0.3, 0.4) is 0 Å². The summed E-state index contributed by atoms with van der Waals surface area (Å²) >= 11 is 0. The Morgan fingerprint density at radius 3 is 2.08 bits per heavy atom. The molecule has 0 amide bonds. The van der Waals surface area contributed by atoms with Gasteiger partial charge in [-0.05, 0) is 29.0 Å². The van der Waals surface area contributed by atoms with Crippen molar-refractivity contribution in [2.75, 3.05) is 5.73 Å². The van der Waals surface area contributed by atoms with Crippen molar-refractivity contribution in [3.8, 4) is 28.5 Å². The molecule has 2 aromatic carbocycles. The molecule has 3 heteroatoms. The lowest BCUT2D eigenvalue weighted by Gasteiger charge is -2.20. The number of benzene rings is 2. The molecule has 0 radical (unpaired) electrons. The fourth-order valence-corrected chi connectivity index (χ4v) is 3.18. The first-order chi connectivity index (χ1) is 12.3. The van der Waals surface area contributed by atoms with E-state index in [0.717, 1.165) is 27.9 Å². The van der Waals surface area contributed by atoms with Gasteiger partial charge in [0.05, 0.1) is 5.69 Å². The van der Waals surface area contributed by atoms with Crippen molar-refractivity contribution >= 4 is 5.82 Å². The van der Waals surface area contributed by atoms with Crippen LogP contribution >= 0.6 is 0 Å². The van der Waals surface area contributed by atoms with E-state index in [9.17, 15) is 5.26 Å². The fraction of sp³-hybridized carbons (Fsp3) is 0.217. The lowest BCUT2D eigenvalue weighted by atomic mass is 9.85. The Kier molecular flexibility index (Phi) is 4.52. The van der Waals surface area contributed by atoms with Crippen molar-refractivity contribution in [3.05, 3.63) is 71.3 Å². The summed E-state index contributed by atoms with van der Waals surface area (Å²) in [6.45, 7) is 8.56. The summed E-state index contributed by atoms with van der Waals surface area (Å²) in [6.07, 6.45) is 0. The molecule has 0 saturated heterocycles. The Hall–Kier alpha value is -3.12. The van der Waals surface area contributed by atoms with Crippen LogP contribution in [-0.4, -0.2) is 4.98 Å². The highest BCUT2D eigenvalue weighted by Crippen LogP contribution is 2.36. The van der Waals surface area contributed by atoms with Gasteiger partial charge in [0.2, 0.25) is 0 Å². The lowest BCUT2D eigenvalue weighted by molar-refractivity contribution is 0.590. The van der Waals surface area contributed by atoms with Crippen LogP contribution in [0.15, 0.2) is 54.6 Å². The second-order valence-electron chi connectivity index (χ2n) is 7.53. The summed E-state index contributed by atoms with van der Waals surface area (Å²) in [6, 6.07) is 20.5. The molecule has 3 rings (SSSR count). The molecule has 0 aliphatic carbocycles. The first-order valence-corrected chi connectivity index (χ1v) is 8.69. The van der Waals surface area contributed by atoms with Crippen molar-refractivity contribution in [1.29, 1.82) is 5.26 Å². The van der Waals surface area contributed by atoms with Crippen molar-refractivity contribution in [2.45, 2.75) is 33.1 Å². The van der Waals surface area contributed by atoms with E-state index in [0.29, 0.717) is 5.56 Å². The van der Waals surface area contributed by atoms with E-state index < -0.39 is 0 Å². The average Bonchev–Trinajstić information content (AvgIpc) is 2.63. The van der Waals surface area contributed by atoms with E-state index in [1.165, 1.54) is 5.56 Å². The Bertz CT molecular complexity index is 973. The van der Waals surface area contributed by atoms with Crippen molar-refractivity contribution in [3.63, 3.8) is 0 Å². The number of pyridine rings is 1. The smallest absolute Gasteiger partial charge is 0.142 e. The first kappa shape index (κ1) is 17.7. The summed E-state index contributed by atoms with van der Waals surface area (Å²) in [4.78, 5) is 4.51. The molecular weight excluding hydrogens is 318 g/mol. The molecule has 1 aromatic heterocycles. The van der Waals surface area contributed by atoms with Crippen molar-refractivity contribution < 1.29 is 0 Å². The molecule has 0 spiro atoms. The zero-order valence-corrected chi connectivity index (χ0v) is 15.7. The molecule has 2 N–H and O–H groups in total. The van der Waals surface area contributed by atoms with Gasteiger partial charge in [-0.15, -0.1) is 0 Å². The number of rotatable bonds is 2. The molecule has 0 aliphatic heterocycles. The second-order valence-corrected chi connectivity index (χ2v) is 7.53.